The van der Waals surface area contributed by atoms with Gasteiger partial charge in [-0.2, -0.15) is 0 Å². The van der Waals surface area contributed by atoms with Crippen LogP contribution in [0.3, 0.4) is 0 Å². The molecule has 0 rings (SSSR count). The van der Waals surface area contributed by atoms with Gasteiger partial charge in [0, 0.05) is 27.2 Å². The number of carbonyl (C=O) groups excluding carboxylic acids is 2. The van der Waals surface area contributed by atoms with E-state index in [1.54, 1.807) is 6.92 Å². The summed E-state index contributed by atoms with van der Waals surface area (Å²) in [5.74, 6) is -1.84. The molecule has 0 fully saturated rings. The molecule has 3 amide bonds. The highest BCUT2D eigenvalue weighted by Crippen LogP contribution is 2.01. The van der Waals surface area contributed by atoms with Crippen LogP contribution in [0.25, 0.3) is 0 Å². The molecule has 0 aliphatic carbocycles. The van der Waals surface area contributed by atoms with Gasteiger partial charge in [0.2, 0.25) is 5.91 Å². The second-order valence-electron chi connectivity index (χ2n) is 4.21. The number of carboxylic acids is 1. The van der Waals surface area contributed by atoms with Crippen molar-refractivity contribution in [3.05, 3.63) is 0 Å². The van der Waals surface area contributed by atoms with Crippen molar-refractivity contribution in [3.8, 4) is 0 Å². The second kappa shape index (κ2) is 7.52. The lowest BCUT2D eigenvalue weighted by Gasteiger charge is -2.25. The van der Waals surface area contributed by atoms with Crippen LogP contribution in [0.4, 0.5) is 4.79 Å². The van der Waals surface area contributed by atoms with E-state index in [0.717, 1.165) is 0 Å². The fraction of sp³-hybridized carbons (Fsp3) is 0.727. The SMILES string of the molecule is CCNC(=O)CN(C)C(=O)N(C)CC(C)C(=O)O. The number of aliphatic carboxylic acids is 1. The highest BCUT2D eigenvalue weighted by Gasteiger charge is 2.20. The first-order valence-corrected chi connectivity index (χ1v) is 5.75. The van der Waals surface area contributed by atoms with Crippen molar-refractivity contribution in [2.75, 3.05) is 33.7 Å². The van der Waals surface area contributed by atoms with Gasteiger partial charge in [-0.05, 0) is 6.92 Å². The molecule has 0 heterocycles. The van der Waals surface area contributed by atoms with Crippen molar-refractivity contribution < 1.29 is 19.5 Å². The lowest BCUT2D eigenvalue weighted by molar-refractivity contribution is -0.141. The van der Waals surface area contributed by atoms with Crippen LogP contribution in [0.15, 0.2) is 0 Å². The standard InChI is InChI=1S/C11H21N3O4/c1-5-12-9(15)7-14(4)11(18)13(3)6-8(2)10(16)17/h8H,5-7H2,1-4H3,(H,12,15)(H,16,17). The molecule has 18 heavy (non-hydrogen) atoms. The predicted octanol–water partition coefficient (Wildman–Crippen LogP) is -0.173. The quantitative estimate of drug-likeness (QED) is 0.693. The second-order valence-corrected chi connectivity index (χ2v) is 4.21. The average molecular weight is 259 g/mol. The Bertz CT molecular complexity index is 319. The number of carboxylic acid groups (broad SMARTS) is 1. The number of hydrogen-bond donors (Lipinski definition) is 2. The van der Waals surface area contributed by atoms with E-state index in [-0.39, 0.29) is 25.0 Å². The van der Waals surface area contributed by atoms with Crippen molar-refractivity contribution in [2.45, 2.75) is 13.8 Å². The molecule has 2 N–H and O–H groups in total. The van der Waals surface area contributed by atoms with E-state index in [4.69, 9.17) is 5.11 Å². The van der Waals surface area contributed by atoms with Gasteiger partial charge in [-0.15, -0.1) is 0 Å². The molecular formula is C11H21N3O4. The normalized spacial score (nSPS) is 11.6. The van der Waals surface area contributed by atoms with Gasteiger partial charge in [-0.25, -0.2) is 4.79 Å². The Kier molecular flexibility index (Phi) is 6.77. The Morgan fingerprint density at radius 3 is 2.22 bits per heavy atom. The summed E-state index contributed by atoms with van der Waals surface area (Å²) in [5, 5.41) is 11.3. The first-order valence-electron chi connectivity index (χ1n) is 5.75. The van der Waals surface area contributed by atoms with Gasteiger partial charge in [-0.3, -0.25) is 9.59 Å². The minimum atomic E-state index is -0.957. The Morgan fingerprint density at radius 2 is 1.78 bits per heavy atom. The van der Waals surface area contributed by atoms with Crippen LogP contribution in [0.1, 0.15) is 13.8 Å². The van der Waals surface area contributed by atoms with Gasteiger partial charge in [-0.1, -0.05) is 6.92 Å². The molecule has 0 aromatic carbocycles. The molecule has 0 aromatic rings. The largest absolute Gasteiger partial charge is 0.481 e. The maximum Gasteiger partial charge on any atom is 0.319 e. The van der Waals surface area contributed by atoms with Gasteiger partial charge >= 0.3 is 12.0 Å². The highest BCUT2D eigenvalue weighted by atomic mass is 16.4. The molecule has 7 heteroatoms. The smallest absolute Gasteiger partial charge is 0.319 e. The molecule has 1 unspecified atom stereocenters. The van der Waals surface area contributed by atoms with E-state index < -0.39 is 11.9 Å². The molecule has 0 saturated heterocycles. The van der Waals surface area contributed by atoms with E-state index in [1.165, 1.54) is 30.8 Å². The number of likely N-dealkylation sites (N-methyl/N-ethyl adjacent to an activating group) is 2. The van der Waals surface area contributed by atoms with Crippen LogP contribution in [-0.4, -0.2) is 66.5 Å². The monoisotopic (exact) mass is 259 g/mol. The molecule has 0 saturated carbocycles. The lowest BCUT2D eigenvalue weighted by atomic mass is 10.2. The van der Waals surface area contributed by atoms with Gasteiger partial charge in [0.15, 0.2) is 0 Å². The van der Waals surface area contributed by atoms with Crippen LogP contribution < -0.4 is 5.32 Å². The Balaban J connectivity index is 4.28. The highest BCUT2D eigenvalue weighted by molar-refractivity contribution is 5.84. The zero-order valence-corrected chi connectivity index (χ0v) is 11.3. The average Bonchev–Trinajstić information content (AvgIpc) is 2.27. The lowest BCUT2D eigenvalue weighted by Crippen LogP contribution is -2.45. The van der Waals surface area contributed by atoms with Crippen molar-refractivity contribution in [2.24, 2.45) is 5.92 Å². The summed E-state index contributed by atoms with van der Waals surface area (Å²) in [4.78, 5) is 36.3. The van der Waals surface area contributed by atoms with E-state index in [2.05, 4.69) is 5.32 Å². The van der Waals surface area contributed by atoms with Crippen LogP contribution in [0.2, 0.25) is 0 Å². The Labute approximate surface area is 107 Å². The number of carbonyl (C=O) groups is 3. The Morgan fingerprint density at radius 1 is 1.22 bits per heavy atom. The molecule has 1 atom stereocenters. The fourth-order valence-electron chi connectivity index (χ4n) is 1.39. The van der Waals surface area contributed by atoms with Gasteiger partial charge in [0.05, 0.1) is 5.92 Å². The maximum atomic E-state index is 11.8. The summed E-state index contributed by atoms with van der Waals surface area (Å²) in [5.41, 5.74) is 0. The summed E-state index contributed by atoms with van der Waals surface area (Å²) in [7, 11) is 3.01. The molecule has 7 nitrogen and oxygen atoms in total. The maximum absolute atomic E-state index is 11.8. The zero-order chi connectivity index (χ0) is 14.3. The summed E-state index contributed by atoms with van der Waals surface area (Å²) in [6.07, 6.45) is 0. The van der Waals surface area contributed by atoms with Crippen molar-refractivity contribution in [1.82, 2.24) is 15.1 Å². The van der Waals surface area contributed by atoms with Gasteiger partial charge in [0.1, 0.15) is 6.54 Å². The molecule has 0 aliphatic rings. The minimum Gasteiger partial charge on any atom is -0.481 e. The molecule has 0 aromatic heterocycles. The summed E-state index contributed by atoms with van der Waals surface area (Å²) in [6, 6.07) is -0.380. The first-order chi connectivity index (χ1) is 8.29. The molecule has 0 spiro atoms. The third-order valence-corrected chi connectivity index (χ3v) is 2.38. The summed E-state index contributed by atoms with van der Waals surface area (Å²) in [6.45, 7) is 3.88. The number of amides is 3. The van der Waals surface area contributed by atoms with Crippen LogP contribution in [-0.2, 0) is 9.59 Å². The topological polar surface area (TPSA) is 90.0 Å². The van der Waals surface area contributed by atoms with Crippen molar-refractivity contribution >= 4 is 17.9 Å². The number of rotatable bonds is 6. The summed E-state index contributed by atoms with van der Waals surface area (Å²) >= 11 is 0. The van der Waals surface area contributed by atoms with Crippen LogP contribution >= 0.6 is 0 Å². The molecule has 104 valence electrons. The molecule has 0 bridgehead atoms. The van der Waals surface area contributed by atoms with Crippen LogP contribution in [0.5, 0.6) is 0 Å². The molecule has 0 aliphatic heterocycles. The number of nitrogens with zero attached hydrogens (tertiary/aromatic N) is 2. The third-order valence-electron chi connectivity index (χ3n) is 2.38. The number of hydrogen-bond acceptors (Lipinski definition) is 3. The van der Waals surface area contributed by atoms with Gasteiger partial charge in [0.25, 0.3) is 0 Å². The zero-order valence-electron chi connectivity index (χ0n) is 11.3. The van der Waals surface area contributed by atoms with E-state index >= 15 is 0 Å². The van der Waals surface area contributed by atoms with Crippen molar-refractivity contribution in [3.63, 3.8) is 0 Å². The molecular weight excluding hydrogens is 238 g/mol. The van der Waals surface area contributed by atoms with Crippen LogP contribution in [0, 0.1) is 5.92 Å². The first kappa shape index (κ1) is 16.2. The third kappa shape index (κ3) is 5.51. The minimum absolute atomic E-state index is 0.0432. The number of nitrogens with one attached hydrogen (secondary N) is 1. The summed E-state index contributed by atoms with van der Waals surface area (Å²) < 4.78 is 0. The van der Waals surface area contributed by atoms with E-state index in [0.29, 0.717) is 6.54 Å². The van der Waals surface area contributed by atoms with E-state index in [1.807, 2.05) is 0 Å². The molecule has 0 radical (unpaired) electrons. The Hall–Kier alpha value is -1.79. The van der Waals surface area contributed by atoms with Crippen molar-refractivity contribution in [1.29, 1.82) is 0 Å². The van der Waals surface area contributed by atoms with E-state index in [9.17, 15) is 14.4 Å². The fourth-order valence-corrected chi connectivity index (χ4v) is 1.39. The number of urea groups is 1. The predicted molar refractivity (Wildman–Crippen MR) is 66.1 cm³/mol. The van der Waals surface area contributed by atoms with Gasteiger partial charge < -0.3 is 20.2 Å².